The third-order valence-corrected chi connectivity index (χ3v) is 4.50. The second-order valence-electron chi connectivity index (χ2n) is 7.20. The SMILES string of the molecule is C=C1C(=O)O[C@@H]2/C=C(/C)CC/C=C(/C=O)C[C@@H](OC(=O)CC(C)C)C12. The molecule has 3 atom stereocenters. The molecule has 25 heavy (non-hydrogen) atoms. The maximum Gasteiger partial charge on any atom is 0.334 e. The molecule has 1 saturated heterocycles. The van der Waals surface area contributed by atoms with Gasteiger partial charge in [-0.3, -0.25) is 9.59 Å². The Kier molecular flexibility index (Phi) is 6.34. The molecule has 0 spiro atoms. The number of carbonyl (C=O) groups is 3. The van der Waals surface area contributed by atoms with Crippen LogP contribution < -0.4 is 0 Å². The summed E-state index contributed by atoms with van der Waals surface area (Å²) in [6.45, 7) is 9.66. The molecular formula is C20H26O5. The first-order valence-electron chi connectivity index (χ1n) is 8.72. The minimum atomic E-state index is -0.645. The summed E-state index contributed by atoms with van der Waals surface area (Å²) < 4.78 is 11.1. The molecule has 0 radical (unpaired) electrons. The van der Waals surface area contributed by atoms with Crippen molar-refractivity contribution in [3.05, 3.63) is 35.5 Å². The second kappa shape index (κ2) is 8.28. The van der Waals surface area contributed by atoms with Crippen LogP contribution in [-0.4, -0.2) is 30.4 Å². The van der Waals surface area contributed by atoms with E-state index in [1.54, 1.807) is 0 Å². The van der Waals surface area contributed by atoms with Gasteiger partial charge >= 0.3 is 11.9 Å². The third-order valence-electron chi connectivity index (χ3n) is 4.50. The first kappa shape index (κ1) is 19.2. The lowest BCUT2D eigenvalue weighted by Crippen LogP contribution is -2.34. The molecule has 0 bridgehead atoms. The largest absolute Gasteiger partial charge is 0.461 e. The van der Waals surface area contributed by atoms with Crippen LogP contribution in [0.3, 0.4) is 0 Å². The van der Waals surface area contributed by atoms with E-state index in [1.165, 1.54) is 0 Å². The van der Waals surface area contributed by atoms with Crippen molar-refractivity contribution in [3.8, 4) is 0 Å². The van der Waals surface area contributed by atoms with Crippen molar-refractivity contribution < 1.29 is 23.9 Å². The number of rotatable bonds is 4. The van der Waals surface area contributed by atoms with Gasteiger partial charge in [0.25, 0.3) is 0 Å². The third kappa shape index (κ3) is 4.91. The maximum atomic E-state index is 12.2. The van der Waals surface area contributed by atoms with E-state index in [0.717, 1.165) is 24.7 Å². The second-order valence-corrected chi connectivity index (χ2v) is 7.20. The highest BCUT2D eigenvalue weighted by molar-refractivity contribution is 5.91. The van der Waals surface area contributed by atoms with Crippen LogP contribution in [0.15, 0.2) is 35.5 Å². The fourth-order valence-corrected chi connectivity index (χ4v) is 3.23. The summed E-state index contributed by atoms with van der Waals surface area (Å²) in [6.07, 6.45) is 5.45. The minimum absolute atomic E-state index is 0.163. The Hall–Kier alpha value is -2.17. The molecule has 1 unspecified atom stereocenters. The fraction of sp³-hybridized carbons (Fsp3) is 0.550. The smallest absolute Gasteiger partial charge is 0.334 e. The molecule has 1 aliphatic carbocycles. The van der Waals surface area contributed by atoms with E-state index in [-0.39, 0.29) is 24.7 Å². The molecular weight excluding hydrogens is 320 g/mol. The Morgan fingerprint density at radius 1 is 1.48 bits per heavy atom. The van der Waals surface area contributed by atoms with Crippen LogP contribution in [0.4, 0.5) is 0 Å². The number of fused-ring (bicyclic) bond motifs is 1. The van der Waals surface area contributed by atoms with E-state index >= 15 is 0 Å². The molecule has 0 N–H and O–H groups in total. The van der Waals surface area contributed by atoms with Crippen LogP contribution in [0.5, 0.6) is 0 Å². The zero-order chi connectivity index (χ0) is 18.6. The number of hydrogen-bond acceptors (Lipinski definition) is 5. The minimum Gasteiger partial charge on any atom is -0.461 e. The van der Waals surface area contributed by atoms with Gasteiger partial charge in [0.05, 0.1) is 5.92 Å². The number of esters is 2. The summed E-state index contributed by atoms with van der Waals surface area (Å²) in [5.74, 6) is -1.12. The molecule has 1 fully saturated rings. The molecule has 0 saturated carbocycles. The van der Waals surface area contributed by atoms with Crippen LogP contribution in [-0.2, 0) is 23.9 Å². The molecule has 0 amide bonds. The van der Waals surface area contributed by atoms with E-state index < -0.39 is 24.1 Å². The van der Waals surface area contributed by atoms with E-state index in [2.05, 4.69) is 6.58 Å². The monoisotopic (exact) mass is 346 g/mol. The van der Waals surface area contributed by atoms with Crippen molar-refractivity contribution in [2.75, 3.05) is 0 Å². The van der Waals surface area contributed by atoms with Crippen molar-refractivity contribution in [3.63, 3.8) is 0 Å². The van der Waals surface area contributed by atoms with Gasteiger partial charge in [-0.1, -0.05) is 32.1 Å². The van der Waals surface area contributed by atoms with Gasteiger partial charge in [0, 0.05) is 18.4 Å². The molecule has 1 aliphatic heterocycles. The molecule has 5 nitrogen and oxygen atoms in total. The van der Waals surface area contributed by atoms with Gasteiger partial charge in [0.2, 0.25) is 0 Å². The number of ether oxygens (including phenoxy) is 2. The van der Waals surface area contributed by atoms with Gasteiger partial charge in [-0.15, -0.1) is 0 Å². The summed E-state index contributed by atoms with van der Waals surface area (Å²) in [5, 5.41) is 0. The number of hydrogen-bond donors (Lipinski definition) is 0. The van der Waals surface area contributed by atoms with Crippen LogP contribution in [0, 0.1) is 11.8 Å². The van der Waals surface area contributed by atoms with E-state index in [0.29, 0.717) is 11.1 Å². The van der Waals surface area contributed by atoms with Crippen LogP contribution in [0.2, 0.25) is 0 Å². The zero-order valence-electron chi connectivity index (χ0n) is 15.1. The Balaban J connectivity index is 2.35. The predicted molar refractivity (Wildman–Crippen MR) is 93.6 cm³/mol. The van der Waals surface area contributed by atoms with E-state index in [9.17, 15) is 14.4 Å². The van der Waals surface area contributed by atoms with E-state index in [1.807, 2.05) is 32.9 Å². The molecule has 1 heterocycles. The van der Waals surface area contributed by atoms with Gasteiger partial charge in [0.1, 0.15) is 18.5 Å². The predicted octanol–water partition coefficient (Wildman–Crippen LogP) is 3.30. The highest BCUT2D eigenvalue weighted by Gasteiger charge is 2.44. The van der Waals surface area contributed by atoms with Gasteiger partial charge in [0.15, 0.2) is 0 Å². The molecule has 0 aromatic carbocycles. The average Bonchev–Trinajstić information content (AvgIpc) is 2.78. The van der Waals surface area contributed by atoms with Crippen molar-refractivity contribution in [1.82, 2.24) is 0 Å². The Morgan fingerprint density at radius 2 is 2.20 bits per heavy atom. The lowest BCUT2D eigenvalue weighted by atomic mass is 9.85. The lowest BCUT2D eigenvalue weighted by molar-refractivity contribution is -0.153. The van der Waals surface area contributed by atoms with Gasteiger partial charge in [-0.05, 0) is 37.3 Å². The Morgan fingerprint density at radius 3 is 2.84 bits per heavy atom. The molecule has 2 aliphatic rings. The first-order valence-corrected chi connectivity index (χ1v) is 8.72. The van der Waals surface area contributed by atoms with Crippen LogP contribution in [0.1, 0.15) is 46.5 Å². The highest BCUT2D eigenvalue weighted by atomic mass is 16.6. The van der Waals surface area contributed by atoms with Crippen molar-refractivity contribution in [1.29, 1.82) is 0 Å². The zero-order valence-corrected chi connectivity index (χ0v) is 15.1. The van der Waals surface area contributed by atoms with Crippen LogP contribution >= 0.6 is 0 Å². The normalized spacial score (nSPS) is 31.3. The average molecular weight is 346 g/mol. The van der Waals surface area contributed by atoms with Crippen LogP contribution in [0.25, 0.3) is 0 Å². The fourth-order valence-electron chi connectivity index (χ4n) is 3.23. The van der Waals surface area contributed by atoms with Gasteiger partial charge in [-0.25, -0.2) is 4.79 Å². The van der Waals surface area contributed by atoms with Gasteiger partial charge < -0.3 is 9.47 Å². The molecule has 0 aromatic rings. The van der Waals surface area contributed by atoms with Crippen molar-refractivity contribution in [2.24, 2.45) is 11.8 Å². The van der Waals surface area contributed by atoms with E-state index in [4.69, 9.17) is 9.47 Å². The first-order chi connectivity index (χ1) is 11.8. The molecule has 2 rings (SSSR count). The topological polar surface area (TPSA) is 69.7 Å². The van der Waals surface area contributed by atoms with Gasteiger partial charge in [-0.2, -0.15) is 0 Å². The molecule has 136 valence electrons. The number of aldehydes is 1. The maximum absolute atomic E-state index is 12.2. The Bertz CT molecular complexity index is 626. The summed E-state index contributed by atoms with van der Waals surface area (Å²) in [4.78, 5) is 35.6. The highest BCUT2D eigenvalue weighted by Crippen LogP contribution is 2.36. The van der Waals surface area contributed by atoms with Crippen molar-refractivity contribution >= 4 is 18.2 Å². The summed E-state index contributed by atoms with van der Waals surface area (Å²) in [7, 11) is 0. The summed E-state index contributed by atoms with van der Waals surface area (Å²) in [6, 6.07) is 0. The number of allylic oxidation sites excluding steroid dienone is 2. The quantitative estimate of drug-likeness (QED) is 0.338. The lowest BCUT2D eigenvalue weighted by Gasteiger charge is -2.27. The molecule has 0 aromatic heterocycles. The number of carbonyl (C=O) groups excluding carboxylic acids is 3. The summed E-state index contributed by atoms with van der Waals surface area (Å²) in [5.41, 5.74) is 1.93. The standard InChI is InChI=1S/C20H26O5/c1-12(2)8-18(22)24-17-10-15(11-21)7-5-6-13(3)9-16-19(17)14(4)20(23)25-16/h7,9,11-12,16-17,19H,4-6,8,10H2,1-3H3/b13-9-,15-7+/t16-,17-,19?/m1/s1. The van der Waals surface area contributed by atoms with Crippen molar-refractivity contribution in [2.45, 2.75) is 58.7 Å². The molecule has 5 heteroatoms. The summed E-state index contributed by atoms with van der Waals surface area (Å²) >= 11 is 0. The Labute approximate surface area is 148 Å².